The number of rotatable bonds is 7. The van der Waals surface area contributed by atoms with Gasteiger partial charge in [0.15, 0.2) is 6.10 Å². The minimum absolute atomic E-state index is 0.0943. The number of hydrogen-bond donors (Lipinski definition) is 2. The highest BCUT2D eigenvalue weighted by molar-refractivity contribution is 7.92. The molecule has 0 saturated heterocycles. The van der Waals surface area contributed by atoms with Crippen molar-refractivity contribution in [1.82, 2.24) is 0 Å². The highest BCUT2D eigenvalue weighted by Crippen LogP contribution is 2.27. The van der Waals surface area contributed by atoms with Crippen LogP contribution < -0.4 is 14.8 Å². The molecule has 1 unspecified atom stereocenters. The van der Waals surface area contributed by atoms with Crippen molar-refractivity contribution in [1.29, 1.82) is 0 Å². The van der Waals surface area contributed by atoms with Crippen LogP contribution >= 0.6 is 11.6 Å². The van der Waals surface area contributed by atoms with Gasteiger partial charge in [0.2, 0.25) is 0 Å². The molecule has 0 radical (unpaired) electrons. The van der Waals surface area contributed by atoms with Crippen LogP contribution in [0.4, 0.5) is 11.4 Å². The van der Waals surface area contributed by atoms with Crippen LogP contribution in [0.2, 0.25) is 5.02 Å². The first kappa shape index (κ1) is 24.6. The Bertz CT molecular complexity index is 1270. The highest BCUT2D eigenvalue weighted by atomic mass is 35.5. The van der Waals surface area contributed by atoms with Gasteiger partial charge in [-0.25, -0.2) is 8.42 Å². The molecule has 0 spiro atoms. The van der Waals surface area contributed by atoms with Gasteiger partial charge in [0.1, 0.15) is 5.75 Å². The highest BCUT2D eigenvalue weighted by Gasteiger charge is 2.18. The van der Waals surface area contributed by atoms with E-state index in [1.54, 1.807) is 25.1 Å². The molecule has 0 aliphatic heterocycles. The molecule has 1 amide bonds. The molecule has 1 atom stereocenters. The third-order valence-corrected chi connectivity index (χ3v) is 7.13. The van der Waals surface area contributed by atoms with Gasteiger partial charge in [0, 0.05) is 10.7 Å². The molecule has 6 nitrogen and oxygen atoms in total. The van der Waals surface area contributed by atoms with Gasteiger partial charge < -0.3 is 10.1 Å². The first-order chi connectivity index (χ1) is 15.5. The Hall–Kier alpha value is -3.03. The van der Waals surface area contributed by atoms with Crippen molar-refractivity contribution in [2.24, 2.45) is 0 Å². The summed E-state index contributed by atoms with van der Waals surface area (Å²) in [7, 11) is -3.76. The van der Waals surface area contributed by atoms with Crippen molar-refractivity contribution in [2.45, 2.75) is 45.6 Å². The molecule has 0 fully saturated rings. The van der Waals surface area contributed by atoms with E-state index in [0.29, 0.717) is 22.1 Å². The third kappa shape index (κ3) is 6.06. The van der Waals surface area contributed by atoms with E-state index < -0.39 is 16.1 Å². The Morgan fingerprint density at radius 1 is 0.909 bits per heavy atom. The zero-order chi connectivity index (χ0) is 24.3. The number of sulfonamides is 1. The van der Waals surface area contributed by atoms with Gasteiger partial charge in [0.25, 0.3) is 15.9 Å². The molecule has 0 bridgehead atoms. The van der Waals surface area contributed by atoms with Crippen molar-refractivity contribution in [3.8, 4) is 5.75 Å². The fraction of sp³-hybridized carbons (Fsp3) is 0.240. The van der Waals surface area contributed by atoms with Crippen molar-refractivity contribution in [3.63, 3.8) is 0 Å². The molecule has 3 aromatic rings. The lowest BCUT2D eigenvalue weighted by Crippen LogP contribution is -2.30. The number of hydrogen-bond acceptors (Lipinski definition) is 4. The minimum atomic E-state index is -3.76. The maximum atomic E-state index is 12.7. The maximum Gasteiger partial charge on any atom is 0.265 e. The number of carbonyl (C=O) groups excluding carboxylic acids is 1. The molecule has 2 N–H and O–H groups in total. The lowest BCUT2D eigenvalue weighted by atomic mass is 10.1. The summed E-state index contributed by atoms with van der Waals surface area (Å²) in [6, 6.07) is 15.0. The first-order valence-corrected chi connectivity index (χ1v) is 12.3. The number of amides is 1. The predicted molar refractivity (Wildman–Crippen MR) is 133 cm³/mol. The topological polar surface area (TPSA) is 84.5 Å². The molecule has 3 rings (SSSR count). The van der Waals surface area contributed by atoms with Crippen LogP contribution in [-0.2, 0) is 14.8 Å². The van der Waals surface area contributed by atoms with Crippen molar-refractivity contribution in [2.75, 3.05) is 10.0 Å². The summed E-state index contributed by atoms with van der Waals surface area (Å²) < 4.78 is 33.8. The third-order valence-electron chi connectivity index (χ3n) is 5.15. The summed E-state index contributed by atoms with van der Waals surface area (Å²) >= 11 is 6.18. The molecule has 0 aromatic heterocycles. The number of benzene rings is 3. The van der Waals surface area contributed by atoms with Gasteiger partial charge in [-0.1, -0.05) is 29.3 Å². The summed E-state index contributed by atoms with van der Waals surface area (Å²) in [6.07, 6.45) is -0.764. The van der Waals surface area contributed by atoms with E-state index in [1.165, 1.54) is 24.3 Å². The van der Waals surface area contributed by atoms with Crippen LogP contribution in [0.15, 0.2) is 59.5 Å². The van der Waals surface area contributed by atoms with E-state index in [4.69, 9.17) is 16.3 Å². The number of aryl methyl sites for hydroxylation is 4. The van der Waals surface area contributed by atoms with Gasteiger partial charge in [-0.05, 0) is 93.8 Å². The average molecular weight is 487 g/mol. The smallest absolute Gasteiger partial charge is 0.265 e. The Kier molecular flexibility index (Phi) is 7.34. The zero-order valence-electron chi connectivity index (χ0n) is 19.2. The molecule has 8 heteroatoms. The molecule has 0 aliphatic rings. The van der Waals surface area contributed by atoms with E-state index in [-0.39, 0.29) is 10.8 Å². The lowest BCUT2D eigenvalue weighted by Gasteiger charge is -2.16. The zero-order valence-corrected chi connectivity index (χ0v) is 20.8. The fourth-order valence-corrected chi connectivity index (χ4v) is 4.56. The standard InChI is InChI=1S/C25H27ClN2O4S/c1-15-6-11-23(16(2)12-15)28-33(30,31)22-9-7-20(8-10-22)27-25(29)19(5)32-21-13-17(3)24(26)18(4)14-21/h6-14,19,28H,1-5H3,(H,27,29). The largest absolute Gasteiger partial charge is 0.481 e. The summed E-state index contributed by atoms with van der Waals surface area (Å²) in [6.45, 7) is 9.18. The number of halogens is 1. The van der Waals surface area contributed by atoms with Crippen LogP contribution in [0.1, 0.15) is 29.2 Å². The number of carbonyl (C=O) groups is 1. The van der Waals surface area contributed by atoms with Gasteiger partial charge >= 0.3 is 0 Å². The first-order valence-electron chi connectivity index (χ1n) is 10.4. The Balaban J connectivity index is 1.66. The van der Waals surface area contributed by atoms with Crippen molar-refractivity contribution in [3.05, 3.63) is 81.9 Å². The number of ether oxygens (including phenoxy) is 1. The summed E-state index contributed by atoms with van der Waals surface area (Å²) in [5.41, 5.74) is 4.61. The van der Waals surface area contributed by atoms with Crippen LogP contribution in [-0.4, -0.2) is 20.4 Å². The van der Waals surface area contributed by atoms with E-state index in [0.717, 1.165) is 22.3 Å². The second kappa shape index (κ2) is 9.85. The molecule has 3 aromatic carbocycles. The normalized spacial score (nSPS) is 12.2. The van der Waals surface area contributed by atoms with Crippen molar-refractivity contribution < 1.29 is 17.9 Å². The second-order valence-electron chi connectivity index (χ2n) is 8.07. The molecule has 0 aliphatic carbocycles. The second-order valence-corrected chi connectivity index (χ2v) is 10.1. The van der Waals surface area contributed by atoms with Gasteiger partial charge in [-0.2, -0.15) is 0 Å². The molecule has 0 heterocycles. The SMILES string of the molecule is Cc1ccc(NS(=O)(=O)c2ccc(NC(=O)C(C)Oc3cc(C)c(Cl)c(C)c3)cc2)c(C)c1. The van der Waals surface area contributed by atoms with Gasteiger partial charge in [0.05, 0.1) is 10.6 Å². The molecule has 174 valence electrons. The Morgan fingerprint density at radius 3 is 2.09 bits per heavy atom. The Morgan fingerprint density at radius 2 is 1.52 bits per heavy atom. The van der Waals surface area contributed by atoms with Gasteiger partial charge in [-0.3, -0.25) is 9.52 Å². The molecular weight excluding hydrogens is 460 g/mol. The van der Waals surface area contributed by atoms with Crippen LogP contribution in [0.5, 0.6) is 5.75 Å². The monoisotopic (exact) mass is 486 g/mol. The summed E-state index contributed by atoms with van der Waals surface area (Å²) in [5, 5.41) is 3.41. The predicted octanol–water partition coefficient (Wildman–Crippen LogP) is 5.78. The summed E-state index contributed by atoms with van der Waals surface area (Å²) in [5.74, 6) is 0.195. The van der Waals surface area contributed by atoms with Crippen LogP contribution in [0.3, 0.4) is 0 Å². The fourth-order valence-electron chi connectivity index (χ4n) is 3.32. The Labute approximate surface area is 200 Å². The van der Waals surface area contributed by atoms with Gasteiger partial charge in [-0.15, -0.1) is 0 Å². The van der Waals surface area contributed by atoms with Crippen molar-refractivity contribution >= 4 is 38.9 Å². The van der Waals surface area contributed by atoms with E-state index in [2.05, 4.69) is 10.0 Å². The van der Waals surface area contributed by atoms with Crippen LogP contribution in [0, 0.1) is 27.7 Å². The maximum absolute atomic E-state index is 12.7. The van der Waals surface area contributed by atoms with E-state index >= 15 is 0 Å². The lowest BCUT2D eigenvalue weighted by molar-refractivity contribution is -0.122. The average Bonchev–Trinajstić information content (AvgIpc) is 2.74. The number of nitrogens with one attached hydrogen (secondary N) is 2. The minimum Gasteiger partial charge on any atom is -0.481 e. The number of anilines is 2. The molecule has 0 saturated carbocycles. The quantitative estimate of drug-likeness (QED) is 0.443. The molecule has 33 heavy (non-hydrogen) atoms. The van der Waals surface area contributed by atoms with E-state index in [1.807, 2.05) is 39.8 Å². The van der Waals surface area contributed by atoms with E-state index in [9.17, 15) is 13.2 Å². The van der Waals surface area contributed by atoms with Crippen LogP contribution in [0.25, 0.3) is 0 Å². The molecular formula is C25H27ClN2O4S. The summed E-state index contributed by atoms with van der Waals surface area (Å²) in [4.78, 5) is 12.6.